The number of nitrogens with zero attached hydrogens (tertiary/aromatic N) is 1. The molecule has 0 unspecified atom stereocenters. The van der Waals surface area contributed by atoms with Crippen molar-refractivity contribution in [3.8, 4) is 11.5 Å². The van der Waals surface area contributed by atoms with Crippen molar-refractivity contribution in [1.29, 1.82) is 0 Å². The molecule has 1 N–H and O–H groups in total. The minimum absolute atomic E-state index is 0.0982. The molecule has 3 rings (SSSR count). The fraction of sp³-hybridized carbons (Fsp3) is 0.200. The Morgan fingerprint density at radius 1 is 1.16 bits per heavy atom. The summed E-state index contributed by atoms with van der Waals surface area (Å²) in [6.07, 6.45) is 5.35. The van der Waals surface area contributed by atoms with Gasteiger partial charge in [-0.3, -0.25) is 9.78 Å². The number of rotatable bonds is 4. The third-order valence-electron chi connectivity index (χ3n) is 2.94. The molecule has 1 aromatic heterocycles. The van der Waals surface area contributed by atoms with E-state index >= 15 is 0 Å². The van der Waals surface area contributed by atoms with Crippen molar-refractivity contribution in [1.82, 2.24) is 4.98 Å². The van der Waals surface area contributed by atoms with Crippen LogP contribution in [0.15, 0.2) is 48.8 Å². The standard InChI is InChI=1S/C15H14N2O2/c18-15(11-4-5-11)17-12-2-1-3-14(10-12)19-13-6-8-16-9-7-13/h1-3,6-11H,4-5H2,(H,17,18). The summed E-state index contributed by atoms with van der Waals surface area (Å²) >= 11 is 0. The molecule has 1 aliphatic carbocycles. The third kappa shape index (κ3) is 3.10. The first-order chi connectivity index (χ1) is 9.31. The minimum atomic E-state index is 0.0982. The van der Waals surface area contributed by atoms with Gasteiger partial charge in [-0.2, -0.15) is 0 Å². The van der Waals surface area contributed by atoms with Gasteiger partial charge in [0.15, 0.2) is 0 Å². The van der Waals surface area contributed by atoms with Gasteiger partial charge in [-0.05, 0) is 37.1 Å². The number of hydrogen-bond donors (Lipinski definition) is 1. The number of carbonyl (C=O) groups excluding carboxylic acids is 1. The Morgan fingerprint density at radius 2 is 1.95 bits per heavy atom. The van der Waals surface area contributed by atoms with Crippen LogP contribution in [0.25, 0.3) is 0 Å². The van der Waals surface area contributed by atoms with Gasteiger partial charge in [0.1, 0.15) is 11.5 Å². The Morgan fingerprint density at radius 3 is 2.68 bits per heavy atom. The number of hydrogen-bond acceptors (Lipinski definition) is 3. The van der Waals surface area contributed by atoms with E-state index in [1.165, 1.54) is 0 Å². The molecule has 1 heterocycles. The summed E-state index contributed by atoms with van der Waals surface area (Å²) in [5, 5.41) is 2.90. The van der Waals surface area contributed by atoms with Crippen molar-refractivity contribution in [2.75, 3.05) is 5.32 Å². The lowest BCUT2D eigenvalue weighted by atomic mass is 10.3. The third-order valence-corrected chi connectivity index (χ3v) is 2.94. The van der Waals surface area contributed by atoms with Gasteiger partial charge < -0.3 is 10.1 Å². The molecule has 0 saturated heterocycles. The van der Waals surface area contributed by atoms with Crippen LogP contribution in [0.1, 0.15) is 12.8 Å². The summed E-state index contributed by atoms with van der Waals surface area (Å²) in [5.41, 5.74) is 0.767. The maximum atomic E-state index is 11.7. The van der Waals surface area contributed by atoms with E-state index in [1.54, 1.807) is 24.5 Å². The summed E-state index contributed by atoms with van der Waals surface area (Å²) in [4.78, 5) is 15.6. The smallest absolute Gasteiger partial charge is 0.227 e. The summed E-state index contributed by atoms with van der Waals surface area (Å²) in [7, 11) is 0. The molecule has 0 atom stereocenters. The molecule has 1 aromatic carbocycles. The predicted octanol–water partition coefficient (Wildman–Crippen LogP) is 3.22. The van der Waals surface area contributed by atoms with E-state index < -0.39 is 0 Å². The molecule has 1 fully saturated rings. The summed E-state index contributed by atoms with van der Waals surface area (Å²) < 4.78 is 5.69. The molecule has 4 heteroatoms. The Bertz CT molecular complexity index is 580. The maximum absolute atomic E-state index is 11.7. The van der Waals surface area contributed by atoms with E-state index in [2.05, 4.69) is 10.3 Å². The van der Waals surface area contributed by atoms with E-state index in [9.17, 15) is 4.79 Å². The van der Waals surface area contributed by atoms with Crippen molar-refractivity contribution in [3.05, 3.63) is 48.8 Å². The molecule has 1 saturated carbocycles. The van der Waals surface area contributed by atoms with Gasteiger partial charge in [0.2, 0.25) is 5.91 Å². The molecule has 2 aromatic rings. The molecule has 0 spiro atoms. The van der Waals surface area contributed by atoms with Crippen molar-refractivity contribution in [2.24, 2.45) is 5.92 Å². The topological polar surface area (TPSA) is 51.2 Å². The number of nitrogens with one attached hydrogen (secondary N) is 1. The first kappa shape index (κ1) is 11.7. The summed E-state index contributed by atoms with van der Waals surface area (Å²) in [6, 6.07) is 11.0. The molecule has 1 aliphatic rings. The zero-order valence-electron chi connectivity index (χ0n) is 10.4. The van der Waals surface area contributed by atoms with Crippen LogP contribution in [-0.4, -0.2) is 10.9 Å². The number of amides is 1. The molecule has 0 aliphatic heterocycles. The Hall–Kier alpha value is -2.36. The molecule has 1 amide bonds. The van der Waals surface area contributed by atoms with Crippen molar-refractivity contribution in [3.63, 3.8) is 0 Å². The molecule has 96 valence electrons. The van der Waals surface area contributed by atoms with Gasteiger partial charge >= 0.3 is 0 Å². The summed E-state index contributed by atoms with van der Waals surface area (Å²) in [5.74, 6) is 1.71. The largest absolute Gasteiger partial charge is 0.457 e. The minimum Gasteiger partial charge on any atom is -0.457 e. The quantitative estimate of drug-likeness (QED) is 0.911. The highest BCUT2D eigenvalue weighted by atomic mass is 16.5. The second-order valence-electron chi connectivity index (χ2n) is 4.58. The number of carbonyl (C=O) groups is 1. The number of anilines is 1. The maximum Gasteiger partial charge on any atom is 0.227 e. The Labute approximate surface area is 111 Å². The average molecular weight is 254 g/mol. The van der Waals surface area contributed by atoms with Gasteiger partial charge in [-0.15, -0.1) is 0 Å². The fourth-order valence-electron chi connectivity index (χ4n) is 1.77. The van der Waals surface area contributed by atoms with E-state index in [4.69, 9.17) is 4.74 Å². The number of ether oxygens (including phenoxy) is 1. The number of aromatic nitrogens is 1. The zero-order valence-corrected chi connectivity index (χ0v) is 10.4. The van der Waals surface area contributed by atoms with Crippen LogP contribution in [0, 0.1) is 5.92 Å². The van der Waals surface area contributed by atoms with Crippen LogP contribution in [0.2, 0.25) is 0 Å². The lowest BCUT2D eigenvalue weighted by Gasteiger charge is -2.08. The first-order valence-electron chi connectivity index (χ1n) is 6.30. The van der Waals surface area contributed by atoms with Gasteiger partial charge in [-0.1, -0.05) is 6.07 Å². The highest BCUT2D eigenvalue weighted by Crippen LogP contribution is 2.31. The first-order valence-corrected chi connectivity index (χ1v) is 6.30. The van der Waals surface area contributed by atoms with E-state index in [1.807, 2.05) is 24.3 Å². The highest BCUT2D eigenvalue weighted by molar-refractivity contribution is 5.94. The second kappa shape index (κ2) is 5.10. The SMILES string of the molecule is O=C(Nc1cccc(Oc2ccncc2)c1)C1CC1. The van der Waals surface area contributed by atoms with Crippen LogP contribution in [0.4, 0.5) is 5.69 Å². The van der Waals surface area contributed by atoms with Gasteiger partial charge in [0.05, 0.1) is 0 Å². The monoisotopic (exact) mass is 254 g/mol. The predicted molar refractivity (Wildman–Crippen MR) is 72.1 cm³/mol. The highest BCUT2D eigenvalue weighted by Gasteiger charge is 2.29. The normalized spacial score (nSPS) is 13.9. The zero-order chi connectivity index (χ0) is 13.1. The van der Waals surface area contributed by atoms with Gasteiger partial charge in [0.25, 0.3) is 0 Å². The molecule has 4 nitrogen and oxygen atoms in total. The van der Waals surface area contributed by atoms with Gasteiger partial charge in [-0.25, -0.2) is 0 Å². The van der Waals surface area contributed by atoms with Crippen molar-refractivity contribution < 1.29 is 9.53 Å². The number of pyridine rings is 1. The van der Waals surface area contributed by atoms with E-state index in [0.29, 0.717) is 5.75 Å². The van der Waals surface area contributed by atoms with Crippen LogP contribution >= 0.6 is 0 Å². The fourth-order valence-corrected chi connectivity index (χ4v) is 1.77. The Balaban J connectivity index is 1.70. The summed E-state index contributed by atoms with van der Waals surface area (Å²) in [6.45, 7) is 0. The van der Waals surface area contributed by atoms with Crippen molar-refractivity contribution >= 4 is 11.6 Å². The molecular formula is C15H14N2O2. The number of benzene rings is 1. The molecule has 19 heavy (non-hydrogen) atoms. The van der Waals surface area contributed by atoms with Crippen molar-refractivity contribution in [2.45, 2.75) is 12.8 Å². The van der Waals surface area contributed by atoms with Crippen LogP contribution < -0.4 is 10.1 Å². The van der Waals surface area contributed by atoms with Crippen LogP contribution in [0.3, 0.4) is 0 Å². The molecule has 0 bridgehead atoms. The van der Waals surface area contributed by atoms with Crippen LogP contribution in [0.5, 0.6) is 11.5 Å². The Kier molecular flexibility index (Phi) is 3.14. The average Bonchev–Trinajstić information content (AvgIpc) is 3.24. The second-order valence-corrected chi connectivity index (χ2v) is 4.58. The molecule has 0 radical (unpaired) electrons. The van der Waals surface area contributed by atoms with E-state index in [-0.39, 0.29) is 11.8 Å². The lowest BCUT2D eigenvalue weighted by molar-refractivity contribution is -0.117. The molecular weight excluding hydrogens is 240 g/mol. The van der Waals surface area contributed by atoms with Crippen LogP contribution in [-0.2, 0) is 4.79 Å². The lowest BCUT2D eigenvalue weighted by Crippen LogP contribution is -2.13. The van der Waals surface area contributed by atoms with Gasteiger partial charge in [0, 0.05) is 30.1 Å². The van der Waals surface area contributed by atoms with E-state index in [0.717, 1.165) is 24.3 Å².